The van der Waals surface area contributed by atoms with E-state index in [1.807, 2.05) is 12.1 Å². The van der Waals surface area contributed by atoms with Gasteiger partial charge in [0.2, 0.25) is 0 Å². The maximum atomic E-state index is 6.19. The molecule has 3 aliphatic rings. The van der Waals surface area contributed by atoms with Crippen molar-refractivity contribution in [2.75, 3.05) is 13.1 Å². The number of nitrogens with zero attached hydrogens (tertiary/aromatic N) is 2. The van der Waals surface area contributed by atoms with Gasteiger partial charge in [-0.25, -0.2) is 4.98 Å². The number of pyridine rings is 1. The zero-order valence-electron chi connectivity index (χ0n) is 16.1. The maximum Gasteiger partial charge on any atom is 0.0763 e. The van der Waals surface area contributed by atoms with E-state index in [2.05, 4.69) is 41.3 Å². The third-order valence-electron chi connectivity index (χ3n) is 7.38. The number of halogens is 1. The lowest BCUT2D eigenvalue weighted by molar-refractivity contribution is 0.0201. The van der Waals surface area contributed by atoms with Crippen molar-refractivity contribution < 1.29 is 0 Å². The fraction of sp³-hybridized carbons (Fsp3) is 0.400. The van der Waals surface area contributed by atoms with Gasteiger partial charge in [0.05, 0.1) is 16.7 Å². The van der Waals surface area contributed by atoms with Crippen LogP contribution in [-0.4, -0.2) is 23.0 Å². The van der Waals surface area contributed by atoms with Crippen LogP contribution in [0.25, 0.3) is 22.2 Å². The van der Waals surface area contributed by atoms with Crippen LogP contribution in [0.15, 0.2) is 48.5 Å². The largest absolute Gasteiger partial charge is 0.293 e. The Morgan fingerprint density at radius 3 is 2.54 bits per heavy atom. The van der Waals surface area contributed by atoms with Crippen LogP contribution in [0.4, 0.5) is 0 Å². The second-order valence-corrected chi connectivity index (χ2v) is 9.13. The summed E-state index contributed by atoms with van der Waals surface area (Å²) in [5.74, 6) is 0.660. The predicted molar refractivity (Wildman–Crippen MR) is 116 cm³/mol. The van der Waals surface area contributed by atoms with Crippen molar-refractivity contribution in [3.63, 3.8) is 0 Å². The van der Waals surface area contributed by atoms with Crippen molar-refractivity contribution in [1.29, 1.82) is 0 Å². The van der Waals surface area contributed by atoms with Gasteiger partial charge < -0.3 is 0 Å². The summed E-state index contributed by atoms with van der Waals surface area (Å²) in [6.45, 7) is 2.48. The normalized spacial score (nSPS) is 26.7. The molecule has 1 saturated carbocycles. The molecule has 1 aromatic heterocycles. The second-order valence-electron chi connectivity index (χ2n) is 8.69. The molecule has 1 saturated heterocycles. The van der Waals surface area contributed by atoms with Crippen molar-refractivity contribution in [3.05, 3.63) is 64.7 Å². The molecule has 3 aromatic rings. The van der Waals surface area contributed by atoms with Crippen LogP contribution in [0.2, 0.25) is 5.02 Å². The van der Waals surface area contributed by atoms with Crippen molar-refractivity contribution >= 4 is 22.5 Å². The van der Waals surface area contributed by atoms with Crippen LogP contribution in [0.3, 0.4) is 0 Å². The molecule has 28 heavy (non-hydrogen) atoms. The van der Waals surface area contributed by atoms with E-state index >= 15 is 0 Å². The molecule has 3 heteroatoms. The number of likely N-dealkylation sites (tertiary alicyclic amines) is 1. The summed E-state index contributed by atoms with van der Waals surface area (Å²) in [5.41, 5.74) is 6.84. The lowest BCUT2D eigenvalue weighted by Crippen LogP contribution is -2.57. The summed E-state index contributed by atoms with van der Waals surface area (Å²) in [4.78, 5) is 8.04. The molecule has 2 aliphatic carbocycles. The average Bonchev–Trinajstić information content (AvgIpc) is 3.26. The molecule has 0 unspecified atom stereocenters. The molecule has 0 bridgehead atoms. The molecule has 0 radical (unpaired) electrons. The quantitative estimate of drug-likeness (QED) is 0.497. The van der Waals surface area contributed by atoms with Gasteiger partial charge >= 0.3 is 0 Å². The van der Waals surface area contributed by atoms with Gasteiger partial charge in [0.15, 0.2) is 0 Å². The molecule has 2 heterocycles. The summed E-state index contributed by atoms with van der Waals surface area (Å²) in [6, 6.07) is 17.0. The fourth-order valence-electron chi connectivity index (χ4n) is 6.27. The molecule has 2 aromatic carbocycles. The van der Waals surface area contributed by atoms with Crippen LogP contribution in [0.1, 0.15) is 55.6 Å². The van der Waals surface area contributed by atoms with E-state index in [1.54, 1.807) is 5.56 Å². The molecule has 2 atom stereocenters. The van der Waals surface area contributed by atoms with Crippen LogP contribution in [0, 0.1) is 0 Å². The van der Waals surface area contributed by atoms with E-state index in [1.165, 1.54) is 73.8 Å². The molecule has 0 N–H and O–H groups in total. The van der Waals surface area contributed by atoms with Gasteiger partial charge in [-0.15, -0.1) is 0 Å². The minimum atomic E-state index is 0.204. The zero-order chi connectivity index (χ0) is 18.7. The Labute approximate surface area is 171 Å². The Hall–Kier alpha value is -1.90. The molecule has 0 spiro atoms. The van der Waals surface area contributed by atoms with Gasteiger partial charge in [0.1, 0.15) is 0 Å². The standard InChI is InChI=1S/C25H25ClN2/c26-18-12-10-17(11-13-18)24-23-22(19-7-1-2-9-21(19)27-24)20-8-3-4-14-25(20,23)28-15-5-6-16-28/h1-2,7,9-13,20H,3-6,8,14-16H2/t20-,25+/m0/s1. The first kappa shape index (κ1) is 17.0. The molecular formula is C25H25ClN2. The minimum Gasteiger partial charge on any atom is -0.293 e. The Morgan fingerprint density at radius 2 is 1.71 bits per heavy atom. The van der Waals surface area contributed by atoms with Crippen molar-refractivity contribution in [2.45, 2.75) is 50.0 Å². The number of benzene rings is 2. The first-order valence-electron chi connectivity index (χ1n) is 10.7. The Morgan fingerprint density at radius 1 is 0.929 bits per heavy atom. The predicted octanol–water partition coefficient (Wildman–Crippen LogP) is 6.52. The van der Waals surface area contributed by atoms with Crippen molar-refractivity contribution in [2.24, 2.45) is 0 Å². The summed E-state index contributed by atoms with van der Waals surface area (Å²) in [6.07, 6.45) is 7.96. The number of hydrogen-bond acceptors (Lipinski definition) is 2. The topological polar surface area (TPSA) is 16.1 Å². The molecule has 6 rings (SSSR count). The van der Waals surface area contributed by atoms with Gasteiger partial charge in [-0.1, -0.05) is 54.8 Å². The molecule has 1 aliphatic heterocycles. The van der Waals surface area contributed by atoms with E-state index in [-0.39, 0.29) is 5.54 Å². The second kappa shape index (κ2) is 6.30. The van der Waals surface area contributed by atoms with Gasteiger partial charge in [-0.2, -0.15) is 0 Å². The summed E-state index contributed by atoms with van der Waals surface area (Å²) >= 11 is 6.19. The highest BCUT2D eigenvalue weighted by atomic mass is 35.5. The third kappa shape index (κ3) is 2.22. The summed E-state index contributed by atoms with van der Waals surface area (Å²) in [7, 11) is 0. The summed E-state index contributed by atoms with van der Waals surface area (Å²) in [5, 5.41) is 2.16. The van der Waals surface area contributed by atoms with Crippen LogP contribution < -0.4 is 0 Å². The Balaban J connectivity index is 1.66. The van der Waals surface area contributed by atoms with Crippen molar-refractivity contribution in [1.82, 2.24) is 9.88 Å². The van der Waals surface area contributed by atoms with Gasteiger partial charge in [0, 0.05) is 27.5 Å². The number of fused-ring (bicyclic) bond motifs is 6. The molecule has 142 valence electrons. The zero-order valence-corrected chi connectivity index (χ0v) is 16.9. The third-order valence-corrected chi connectivity index (χ3v) is 7.63. The first-order valence-corrected chi connectivity index (χ1v) is 11.1. The average molecular weight is 389 g/mol. The number of para-hydroxylation sites is 1. The van der Waals surface area contributed by atoms with E-state index < -0.39 is 0 Å². The number of aromatic nitrogens is 1. The Kier molecular flexibility index (Phi) is 3.83. The van der Waals surface area contributed by atoms with Crippen LogP contribution in [-0.2, 0) is 5.54 Å². The molecular weight excluding hydrogens is 364 g/mol. The van der Waals surface area contributed by atoms with Crippen molar-refractivity contribution in [3.8, 4) is 11.3 Å². The highest BCUT2D eigenvalue weighted by molar-refractivity contribution is 6.30. The van der Waals surface area contributed by atoms with Crippen LogP contribution in [0.5, 0.6) is 0 Å². The van der Waals surface area contributed by atoms with Gasteiger partial charge in [-0.05, 0) is 62.5 Å². The first-order chi connectivity index (χ1) is 13.8. The lowest BCUT2D eigenvalue weighted by Gasteiger charge is -2.59. The molecule has 2 nitrogen and oxygen atoms in total. The van der Waals surface area contributed by atoms with E-state index in [0.717, 1.165) is 10.5 Å². The monoisotopic (exact) mass is 388 g/mol. The van der Waals surface area contributed by atoms with Gasteiger partial charge in [-0.3, -0.25) is 4.90 Å². The Bertz CT molecular complexity index is 1050. The minimum absolute atomic E-state index is 0.204. The maximum absolute atomic E-state index is 6.19. The number of hydrogen-bond donors (Lipinski definition) is 0. The summed E-state index contributed by atoms with van der Waals surface area (Å²) < 4.78 is 0. The van der Waals surface area contributed by atoms with Crippen LogP contribution >= 0.6 is 11.6 Å². The number of rotatable bonds is 2. The van der Waals surface area contributed by atoms with E-state index in [9.17, 15) is 0 Å². The SMILES string of the molecule is Clc1ccc(-c2nc3ccccc3c3c2[C@@]2(N4CCCC4)CCCC[C@@H]32)cc1. The fourth-order valence-corrected chi connectivity index (χ4v) is 6.39. The lowest BCUT2D eigenvalue weighted by atomic mass is 9.53. The van der Waals surface area contributed by atoms with E-state index in [4.69, 9.17) is 16.6 Å². The molecule has 2 fully saturated rings. The smallest absolute Gasteiger partial charge is 0.0763 e. The highest BCUT2D eigenvalue weighted by Gasteiger charge is 2.58. The van der Waals surface area contributed by atoms with E-state index in [0.29, 0.717) is 5.92 Å². The van der Waals surface area contributed by atoms with Gasteiger partial charge in [0.25, 0.3) is 0 Å². The highest BCUT2D eigenvalue weighted by Crippen LogP contribution is 2.64. The molecule has 0 amide bonds.